The molecule has 0 unspecified atom stereocenters. The van der Waals surface area contributed by atoms with E-state index < -0.39 is 5.60 Å². The number of likely N-dealkylation sites (tertiary alicyclic amines) is 1. The van der Waals surface area contributed by atoms with Gasteiger partial charge in [-0.3, -0.25) is 4.90 Å². The van der Waals surface area contributed by atoms with E-state index in [-0.39, 0.29) is 0 Å². The van der Waals surface area contributed by atoms with Gasteiger partial charge < -0.3 is 9.84 Å². The van der Waals surface area contributed by atoms with Gasteiger partial charge in [-0.25, -0.2) is 0 Å². The smallest absolute Gasteiger partial charge is 0.0594 e. The molecule has 0 bridgehead atoms. The van der Waals surface area contributed by atoms with Crippen LogP contribution in [0.1, 0.15) is 37.8 Å². The Kier molecular flexibility index (Phi) is 5.80. The molecule has 0 saturated carbocycles. The molecule has 0 aromatic heterocycles. The van der Waals surface area contributed by atoms with Crippen LogP contribution in [0.5, 0.6) is 0 Å². The van der Waals surface area contributed by atoms with E-state index in [1.165, 1.54) is 24.1 Å². The van der Waals surface area contributed by atoms with Crippen LogP contribution in [0, 0.1) is 5.92 Å². The highest BCUT2D eigenvalue weighted by Crippen LogP contribution is 2.19. The lowest BCUT2D eigenvalue weighted by molar-refractivity contribution is 0.0714. The number of ether oxygens (including phenoxy) is 1. The van der Waals surface area contributed by atoms with Crippen molar-refractivity contribution in [3.05, 3.63) is 35.4 Å². The number of hydrogen-bond acceptors (Lipinski definition) is 3. The van der Waals surface area contributed by atoms with Crippen molar-refractivity contribution in [2.24, 2.45) is 5.92 Å². The van der Waals surface area contributed by atoms with Gasteiger partial charge in [-0.15, -0.1) is 0 Å². The Morgan fingerprint density at radius 1 is 1.24 bits per heavy atom. The summed E-state index contributed by atoms with van der Waals surface area (Å²) >= 11 is 0. The van der Waals surface area contributed by atoms with Crippen molar-refractivity contribution in [3.63, 3.8) is 0 Å². The Labute approximate surface area is 128 Å². The molecule has 0 aliphatic carbocycles. The molecule has 1 atom stereocenters. The number of aryl methyl sites for hydroxylation is 1. The predicted molar refractivity (Wildman–Crippen MR) is 86.3 cm³/mol. The van der Waals surface area contributed by atoms with Gasteiger partial charge in [0.25, 0.3) is 0 Å². The third-order valence-corrected chi connectivity index (χ3v) is 4.23. The molecule has 1 aromatic rings. The number of aliphatic hydroxyl groups is 1. The van der Waals surface area contributed by atoms with Gasteiger partial charge in [-0.1, -0.05) is 24.3 Å². The molecular weight excluding hydrogens is 262 g/mol. The summed E-state index contributed by atoms with van der Waals surface area (Å²) < 4.78 is 5.25. The normalized spacial score (nSPS) is 20.1. The van der Waals surface area contributed by atoms with Crippen molar-refractivity contribution >= 4 is 0 Å². The van der Waals surface area contributed by atoms with Gasteiger partial charge >= 0.3 is 0 Å². The Bertz CT molecular complexity index is 422. The minimum absolute atomic E-state index is 0.579. The number of rotatable bonds is 7. The molecule has 3 heteroatoms. The standard InChI is InChI=1S/C18H29NO2/c1-18(2,20)10-8-15-4-6-16(7-5-15)12-19-11-9-17(13-19)14-21-3/h4-7,17,20H,8-14H2,1-3H3/t17-/m0/s1. The van der Waals surface area contributed by atoms with Crippen LogP contribution >= 0.6 is 0 Å². The first-order valence-corrected chi connectivity index (χ1v) is 7.98. The van der Waals surface area contributed by atoms with E-state index in [0.717, 1.165) is 32.5 Å². The predicted octanol–water partition coefficient (Wildman–Crippen LogP) is 2.86. The minimum atomic E-state index is -0.579. The molecule has 1 heterocycles. The van der Waals surface area contributed by atoms with E-state index in [1.807, 2.05) is 13.8 Å². The van der Waals surface area contributed by atoms with Crippen molar-refractivity contribution in [1.82, 2.24) is 4.90 Å². The zero-order chi connectivity index (χ0) is 15.3. The van der Waals surface area contributed by atoms with E-state index in [4.69, 9.17) is 4.74 Å². The van der Waals surface area contributed by atoms with Crippen LogP contribution < -0.4 is 0 Å². The molecular formula is C18H29NO2. The van der Waals surface area contributed by atoms with Crippen molar-refractivity contribution in [2.45, 2.75) is 45.3 Å². The molecule has 1 aliphatic heterocycles. The van der Waals surface area contributed by atoms with Crippen molar-refractivity contribution in [2.75, 3.05) is 26.8 Å². The highest BCUT2D eigenvalue weighted by molar-refractivity contribution is 5.23. The van der Waals surface area contributed by atoms with Crippen LogP contribution in [0.3, 0.4) is 0 Å². The van der Waals surface area contributed by atoms with Gasteiger partial charge in [0, 0.05) is 20.2 Å². The molecule has 1 N–H and O–H groups in total. The molecule has 0 radical (unpaired) electrons. The van der Waals surface area contributed by atoms with E-state index in [0.29, 0.717) is 5.92 Å². The van der Waals surface area contributed by atoms with E-state index >= 15 is 0 Å². The Hall–Kier alpha value is -0.900. The second-order valence-corrected chi connectivity index (χ2v) is 6.97. The zero-order valence-electron chi connectivity index (χ0n) is 13.6. The molecule has 2 rings (SSSR count). The molecule has 1 saturated heterocycles. The van der Waals surface area contributed by atoms with E-state index in [9.17, 15) is 5.11 Å². The quantitative estimate of drug-likeness (QED) is 0.838. The van der Waals surface area contributed by atoms with Crippen molar-refractivity contribution < 1.29 is 9.84 Å². The highest BCUT2D eigenvalue weighted by atomic mass is 16.5. The molecule has 1 fully saturated rings. The lowest BCUT2D eigenvalue weighted by Crippen LogP contribution is -2.21. The number of benzene rings is 1. The third kappa shape index (κ3) is 5.77. The topological polar surface area (TPSA) is 32.7 Å². The van der Waals surface area contributed by atoms with Crippen LogP contribution in [0.25, 0.3) is 0 Å². The summed E-state index contributed by atoms with van der Waals surface area (Å²) in [5, 5.41) is 9.77. The Morgan fingerprint density at radius 2 is 1.90 bits per heavy atom. The van der Waals surface area contributed by atoms with Crippen molar-refractivity contribution in [1.29, 1.82) is 0 Å². The van der Waals surface area contributed by atoms with Gasteiger partial charge in [-0.2, -0.15) is 0 Å². The fourth-order valence-corrected chi connectivity index (χ4v) is 2.95. The fourth-order valence-electron chi connectivity index (χ4n) is 2.95. The molecule has 1 aromatic carbocycles. The average molecular weight is 291 g/mol. The molecule has 1 aliphatic rings. The van der Waals surface area contributed by atoms with Crippen LogP contribution in [-0.4, -0.2) is 42.4 Å². The molecule has 0 amide bonds. The summed E-state index contributed by atoms with van der Waals surface area (Å²) in [5.41, 5.74) is 2.10. The maximum atomic E-state index is 9.77. The van der Waals surface area contributed by atoms with Crippen LogP contribution in [0.15, 0.2) is 24.3 Å². The maximum Gasteiger partial charge on any atom is 0.0594 e. The summed E-state index contributed by atoms with van der Waals surface area (Å²) in [6.07, 6.45) is 2.98. The first kappa shape index (κ1) is 16.5. The largest absolute Gasteiger partial charge is 0.390 e. The summed E-state index contributed by atoms with van der Waals surface area (Å²) in [6.45, 7) is 7.97. The number of hydrogen-bond donors (Lipinski definition) is 1. The second-order valence-electron chi connectivity index (χ2n) is 6.97. The Morgan fingerprint density at radius 3 is 2.52 bits per heavy atom. The monoisotopic (exact) mass is 291 g/mol. The van der Waals surface area contributed by atoms with Crippen molar-refractivity contribution in [3.8, 4) is 0 Å². The Balaban J connectivity index is 1.80. The number of methoxy groups -OCH3 is 1. The number of nitrogens with zero attached hydrogens (tertiary/aromatic N) is 1. The third-order valence-electron chi connectivity index (χ3n) is 4.23. The second kappa shape index (κ2) is 7.39. The van der Waals surface area contributed by atoms with Crippen LogP contribution in [0.2, 0.25) is 0 Å². The lowest BCUT2D eigenvalue weighted by Gasteiger charge is -2.18. The van der Waals surface area contributed by atoms with Gasteiger partial charge in [0.15, 0.2) is 0 Å². The van der Waals surface area contributed by atoms with Crippen LogP contribution in [-0.2, 0) is 17.7 Å². The zero-order valence-corrected chi connectivity index (χ0v) is 13.6. The SMILES string of the molecule is COC[C@H]1CCN(Cc2ccc(CCC(C)(C)O)cc2)C1. The molecule has 3 nitrogen and oxygen atoms in total. The van der Waals surface area contributed by atoms with Crippen LogP contribution in [0.4, 0.5) is 0 Å². The maximum absolute atomic E-state index is 9.77. The summed E-state index contributed by atoms with van der Waals surface area (Å²) in [5.74, 6) is 0.695. The lowest BCUT2D eigenvalue weighted by atomic mass is 9.98. The van der Waals surface area contributed by atoms with E-state index in [1.54, 1.807) is 7.11 Å². The van der Waals surface area contributed by atoms with Gasteiger partial charge in [0.1, 0.15) is 0 Å². The summed E-state index contributed by atoms with van der Waals surface area (Å²) in [7, 11) is 1.79. The van der Waals surface area contributed by atoms with Gasteiger partial charge in [-0.05, 0) is 56.7 Å². The fraction of sp³-hybridized carbons (Fsp3) is 0.667. The summed E-state index contributed by atoms with van der Waals surface area (Å²) in [4.78, 5) is 2.51. The highest BCUT2D eigenvalue weighted by Gasteiger charge is 2.22. The molecule has 0 spiro atoms. The summed E-state index contributed by atoms with van der Waals surface area (Å²) in [6, 6.07) is 8.85. The minimum Gasteiger partial charge on any atom is -0.390 e. The average Bonchev–Trinajstić information content (AvgIpc) is 2.85. The first-order chi connectivity index (χ1) is 9.96. The van der Waals surface area contributed by atoms with Gasteiger partial charge in [0.2, 0.25) is 0 Å². The molecule has 118 valence electrons. The van der Waals surface area contributed by atoms with Gasteiger partial charge in [0.05, 0.1) is 12.2 Å². The van der Waals surface area contributed by atoms with E-state index in [2.05, 4.69) is 29.2 Å². The first-order valence-electron chi connectivity index (χ1n) is 7.98. The molecule has 21 heavy (non-hydrogen) atoms.